The van der Waals surface area contributed by atoms with Gasteiger partial charge in [-0.2, -0.15) is 0 Å². The van der Waals surface area contributed by atoms with Crippen LogP contribution in [0, 0.1) is 5.92 Å². The van der Waals surface area contributed by atoms with E-state index in [1.54, 1.807) is 19.5 Å². The molecule has 5 heteroatoms. The van der Waals surface area contributed by atoms with Crippen LogP contribution in [0.15, 0.2) is 18.5 Å². The summed E-state index contributed by atoms with van der Waals surface area (Å²) in [5, 5.41) is 0. The van der Waals surface area contributed by atoms with Gasteiger partial charge in [-0.3, -0.25) is 9.78 Å². The molecule has 0 atom stereocenters. The van der Waals surface area contributed by atoms with E-state index >= 15 is 0 Å². The Morgan fingerprint density at radius 1 is 1.56 bits per heavy atom. The SMILES string of the molecule is COCC1CCN(c2ccncc2C(N)=O)CC1. The van der Waals surface area contributed by atoms with Gasteiger partial charge >= 0.3 is 0 Å². The molecular weight excluding hydrogens is 230 g/mol. The van der Waals surface area contributed by atoms with Gasteiger partial charge in [0.15, 0.2) is 0 Å². The van der Waals surface area contributed by atoms with Crippen molar-refractivity contribution in [3.8, 4) is 0 Å². The van der Waals surface area contributed by atoms with Crippen molar-refractivity contribution in [1.82, 2.24) is 4.98 Å². The molecule has 2 N–H and O–H groups in total. The Morgan fingerprint density at radius 3 is 2.89 bits per heavy atom. The van der Waals surface area contributed by atoms with Gasteiger partial charge in [-0.25, -0.2) is 0 Å². The third kappa shape index (κ3) is 2.79. The standard InChI is InChI=1S/C13H19N3O2/c1-18-9-10-3-6-16(7-4-10)12-2-5-15-8-11(12)13(14)17/h2,5,8,10H,3-4,6-7,9H2,1H3,(H2,14,17). The first kappa shape index (κ1) is 12.8. The van der Waals surface area contributed by atoms with Crippen LogP contribution in [0.4, 0.5) is 5.69 Å². The van der Waals surface area contributed by atoms with Gasteiger partial charge in [-0.15, -0.1) is 0 Å². The zero-order valence-electron chi connectivity index (χ0n) is 10.6. The zero-order chi connectivity index (χ0) is 13.0. The van der Waals surface area contributed by atoms with Gasteiger partial charge < -0.3 is 15.4 Å². The Balaban J connectivity index is 2.07. The number of nitrogens with zero attached hydrogens (tertiary/aromatic N) is 2. The van der Waals surface area contributed by atoms with Crippen LogP contribution in [0.3, 0.4) is 0 Å². The van der Waals surface area contributed by atoms with Crippen molar-refractivity contribution >= 4 is 11.6 Å². The van der Waals surface area contributed by atoms with E-state index in [1.807, 2.05) is 6.07 Å². The molecule has 1 aromatic rings. The molecule has 0 bridgehead atoms. The molecule has 1 saturated heterocycles. The first-order valence-electron chi connectivity index (χ1n) is 6.20. The third-order valence-electron chi connectivity index (χ3n) is 3.42. The highest BCUT2D eigenvalue weighted by atomic mass is 16.5. The molecule has 0 saturated carbocycles. The molecule has 0 aliphatic carbocycles. The minimum absolute atomic E-state index is 0.419. The quantitative estimate of drug-likeness (QED) is 0.865. The van der Waals surface area contributed by atoms with Gasteiger partial charge in [-0.1, -0.05) is 0 Å². The van der Waals surface area contributed by atoms with E-state index in [-0.39, 0.29) is 0 Å². The summed E-state index contributed by atoms with van der Waals surface area (Å²) >= 11 is 0. The van der Waals surface area contributed by atoms with Gasteiger partial charge in [0, 0.05) is 39.2 Å². The van der Waals surface area contributed by atoms with Crippen molar-refractivity contribution in [3.63, 3.8) is 0 Å². The zero-order valence-corrected chi connectivity index (χ0v) is 10.6. The number of rotatable bonds is 4. The predicted octanol–water partition coefficient (Wildman–Crippen LogP) is 1.04. The number of anilines is 1. The van der Waals surface area contributed by atoms with Crippen molar-refractivity contribution in [2.75, 3.05) is 31.7 Å². The molecule has 0 unspecified atom stereocenters. The molecule has 5 nitrogen and oxygen atoms in total. The van der Waals surface area contributed by atoms with Gasteiger partial charge in [0.25, 0.3) is 5.91 Å². The molecule has 98 valence electrons. The minimum Gasteiger partial charge on any atom is -0.384 e. The molecule has 2 heterocycles. The van der Waals surface area contributed by atoms with E-state index < -0.39 is 5.91 Å². The van der Waals surface area contributed by atoms with Gasteiger partial charge in [0.05, 0.1) is 11.3 Å². The lowest BCUT2D eigenvalue weighted by molar-refractivity contribution is 0.1000. The number of ether oxygens (including phenoxy) is 1. The summed E-state index contributed by atoms with van der Waals surface area (Å²) in [6.07, 6.45) is 5.39. The summed E-state index contributed by atoms with van der Waals surface area (Å²) in [5.41, 5.74) is 6.77. The van der Waals surface area contributed by atoms with E-state index in [0.717, 1.165) is 38.2 Å². The Morgan fingerprint density at radius 2 is 2.28 bits per heavy atom. The Bertz CT molecular complexity index is 414. The van der Waals surface area contributed by atoms with Crippen molar-refractivity contribution in [3.05, 3.63) is 24.0 Å². The number of carbonyl (C=O) groups excluding carboxylic acids is 1. The maximum atomic E-state index is 11.4. The van der Waals surface area contributed by atoms with Crippen LogP contribution >= 0.6 is 0 Å². The number of nitrogens with two attached hydrogens (primary N) is 1. The van der Waals surface area contributed by atoms with Crippen LogP contribution in [-0.4, -0.2) is 37.7 Å². The molecule has 1 aromatic heterocycles. The van der Waals surface area contributed by atoms with Crippen molar-refractivity contribution in [1.29, 1.82) is 0 Å². The lowest BCUT2D eigenvalue weighted by Crippen LogP contribution is -2.36. The Labute approximate surface area is 107 Å². The highest BCUT2D eigenvalue weighted by Gasteiger charge is 2.22. The lowest BCUT2D eigenvalue weighted by Gasteiger charge is -2.34. The smallest absolute Gasteiger partial charge is 0.252 e. The Kier molecular flexibility index (Phi) is 4.15. The Hall–Kier alpha value is -1.62. The van der Waals surface area contributed by atoms with Gasteiger partial charge in [0.1, 0.15) is 0 Å². The maximum Gasteiger partial charge on any atom is 0.252 e. The van der Waals surface area contributed by atoms with Crippen LogP contribution in [0.5, 0.6) is 0 Å². The molecule has 0 spiro atoms. The fourth-order valence-electron chi connectivity index (χ4n) is 2.43. The number of hydrogen-bond acceptors (Lipinski definition) is 4. The predicted molar refractivity (Wildman–Crippen MR) is 69.6 cm³/mol. The van der Waals surface area contributed by atoms with E-state index in [0.29, 0.717) is 11.5 Å². The number of aromatic nitrogens is 1. The molecular formula is C13H19N3O2. The van der Waals surface area contributed by atoms with Gasteiger partial charge in [0.2, 0.25) is 0 Å². The van der Waals surface area contributed by atoms with Crippen molar-refractivity contribution < 1.29 is 9.53 Å². The van der Waals surface area contributed by atoms with E-state index in [4.69, 9.17) is 10.5 Å². The van der Waals surface area contributed by atoms with E-state index in [9.17, 15) is 4.79 Å². The highest BCUT2D eigenvalue weighted by molar-refractivity contribution is 5.98. The number of methoxy groups -OCH3 is 1. The van der Waals surface area contributed by atoms with Crippen molar-refractivity contribution in [2.45, 2.75) is 12.8 Å². The number of pyridine rings is 1. The van der Waals surface area contributed by atoms with E-state index in [2.05, 4.69) is 9.88 Å². The first-order valence-corrected chi connectivity index (χ1v) is 6.20. The molecule has 1 aliphatic rings. The first-order chi connectivity index (χ1) is 8.72. The number of amides is 1. The van der Waals surface area contributed by atoms with Crippen molar-refractivity contribution in [2.24, 2.45) is 11.7 Å². The third-order valence-corrected chi connectivity index (χ3v) is 3.42. The monoisotopic (exact) mass is 249 g/mol. The number of carbonyl (C=O) groups is 1. The largest absolute Gasteiger partial charge is 0.384 e. The minimum atomic E-state index is -0.419. The second kappa shape index (κ2) is 5.82. The second-order valence-electron chi connectivity index (χ2n) is 4.64. The number of hydrogen-bond donors (Lipinski definition) is 1. The highest BCUT2D eigenvalue weighted by Crippen LogP contribution is 2.25. The van der Waals surface area contributed by atoms with Crippen LogP contribution in [0.2, 0.25) is 0 Å². The normalized spacial score (nSPS) is 16.8. The van der Waals surface area contributed by atoms with Gasteiger partial charge in [-0.05, 0) is 24.8 Å². The topological polar surface area (TPSA) is 68.4 Å². The number of piperidine rings is 1. The lowest BCUT2D eigenvalue weighted by atomic mass is 9.97. The maximum absolute atomic E-state index is 11.4. The molecule has 1 amide bonds. The fraction of sp³-hybridized carbons (Fsp3) is 0.538. The van der Waals surface area contributed by atoms with E-state index in [1.165, 1.54) is 0 Å². The molecule has 1 fully saturated rings. The van der Waals surface area contributed by atoms with Crippen LogP contribution in [-0.2, 0) is 4.74 Å². The molecule has 2 rings (SSSR count). The average molecular weight is 249 g/mol. The molecule has 18 heavy (non-hydrogen) atoms. The molecule has 0 aromatic carbocycles. The summed E-state index contributed by atoms with van der Waals surface area (Å²) in [5.74, 6) is 0.197. The summed E-state index contributed by atoms with van der Waals surface area (Å²) < 4.78 is 5.18. The summed E-state index contributed by atoms with van der Waals surface area (Å²) in [6.45, 7) is 2.67. The average Bonchev–Trinajstić information content (AvgIpc) is 2.40. The fourth-order valence-corrected chi connectivity index (χ4v) is 2.43. The number of primary amides is 1. The molecule has 0 radical (unpaired) electrons. The van der Waals surface area contributed by atoms with Crippen LogP contribution in [0.1, 0.15) is 23.2 Å². The van der Waals surface area contributed by atoms with Crippen LogP contribution < -0.4 is 10.6 Å². The summed E-state index contributed by atoms with van der Waals surface area (Å²) in [7, 11) is 1.74. The summed E-state index contributed by atoms with van der Waals surface area (Å²) in [4.78, 5) is 17.5. The second-order valence-corrected chi connectivity index (χ2v) is 4.64. The molecule has 1 aliphatic heterocycles. The summed E-state index contributed by atoms with van der Waals surface area (Å²) in [6, 6.07) is 1.86. The van der Waals surface area contributed by atoms with Crippen LogP contribution in [0.25, 0.3) is 0 Å².